The topological polar surface area (TPSA) is 0 Å². The van der Waals surface area contributed by atoms with Gasteiger partial charge in [-0.05, 0) is 48.7 Å². The van der Waals surface area contributed by atoms with Crippen LogP contribution < -0.4 is 0 Å². The van der Waals surface area contributed by atoms with Gasteiger partial charge in [0, 0.05) is 0 Å². The molecule has 0 bridgehead atoms. The SMILES string of the molecule is C=C(C)S/C=C(C)/C(/C=C\CC)=C/C. The van der Waals surface area contributed by atoms with Gasteiger partial charge < -0.3 is 0 Å². The van der Waals surface area contributed by atoms with Crippen molar-refractivity contribution in [2.75, 3.05) is 0 Å². The minimum absolute atomic E-state index is 1.08. The number of rotatable bonds is 5. The molecule has 0 spiro atoms. The maximum absolute atomic E-state index is 3.86. The van der Waals surface area contributed by atoms with E-state index in [4.69, 9.17) is 0 Å². The van der Waals surface area contributed by atoms with Crippen LogP contribution in [0, 0.1) is 0 Å². The lowest BCUT2D eigenvalue weighted by molar-refractivity contribution is 1.22. The Morgan fingerprint density at radius 3 is 2.43 bits per heavy atom. The van der Waals surface area contributed by atoms with Crippen LogP contribution in [0.1, 0.15) is 34.1 Å². The van der Waals surface area contributed by atoms with Gasteiger partial charge in [0.1, 0.15) is 0 Å². The van der Waals surface area contributed by atoms with Gasteiger partial charge in [-0.15, -0.1) is 11.8 Å². The molecule has 0 aliphatic carbocycles. The summed E-state index contributed by atoms with van der Waals surface area (Å²) in [5.74, 6) is 0. The van der Waals surface area contributed by atoms with E-state index in [1.165, 1.54) is 11.1 Å². The average molecular weight is 208 g/mol. The molecule has 0 aromatic carbocycles. The molecule has 14 heavy (non-hydrogen) atoms. The predicted molar refractivity (Wildman–Crippen MR) is 69.4 cm³/mol. The molecule has 0 aromatic heterocycles. The summed E-state index contributed by atoms with van der Waals surface area (Å²) in [6.07, 6.45) is 7.57. The summed E-state index contributed by atoms with van der Waals surface area (Å²) in [4.78, 5) is 1.12. The second-order valence-corrected chi connectivity index (χ2v) is 4.34. The maximum Gasteiger partial charge on any atom is -0.0210 e. The van der Waals surface area contributed by atoms with Crippen molar-refractivity contribution in [1.82, 2.24) is 0 Å². The first-order valence-corrected chi connectivity index (χ1v) is 5.82. The van der Waals surface area contributed by atoms with E-state index >= 15 is 0 Å². The molecular formula is C13H20S. The summed E-state index contributed by atoms with van der Waals surface area (Å²) in [5, 5.41) is 2.15. The molecule has 78 valence electrons. The van der Waals surface area contributed by atoms with Gasteiger partial charge in [0.2, 0.25) is 0 Å². The number of allylic oxidation sites excluding steroid dienone is 6. The van der Waals surface area contributed by atoms with Crippen molar-refractivity contribution in [3.8, 4) is 0 Å². The molecule has 0 fully saturated rings. The zero-order valence-electron chi connectivity index (χ0n) is 9.63. The molecule has 0 nitrogen and oxygen atoms in total. The quantitative estimate of drug-likeness (QED) is 0.568. The zero-order valence-corrected chi connectivity index (χ0v) is 10.4. The van der Waals surface area contributed by atoms with E-state index in [1.54, 1.807) is 11.8 Å². The fourth-order valence-corrected chi connectivity index (χ4v) is 1.47. The first-order chi connectivity index (χ1) is 6.61. The van der Waals surface area contributed by atoms with E-state index in [2.05, 4.69) is 51.0 Å². The Labute approximate surface area is 92.5 Å². The lowest BCUT2D eigenvalue weighted by atomic mass is 10.1. The Hall–Kier alpha value is -0.690. The van der Waals surface area contributed by atoms with Crippen molar-refractivity contribution >= 4 is 11.8 Å². The second kappa shape index (κ2) is 7.69. The fourth-order valence-electron chi connectivity index (χ4n) is 0.957. The van der Waals surface area contributed by atoms with Gasteiger partial charge in [-0.25, -0.2) is 0 Å². The van der Waals surface area contributed by atoms with Crippen molar-refractivity contribution in [1.29, 1.82) is 0 Å². The van der Waals surface area contributed by atoms with Crippen LogP contribution in [-0.4, -0.2) is 0 Å². The van der Waals surface area contributed by atoms with Crippen LogP contribution in [0.4, 0.5) is 0 Å². The first kappa shape index (κ1) is 13.3. The molecule has 0 saturated heterocycles. The Morgan fingerprint density at radius 1 is 1.36 bits per heavy atom. The molecule has 0 amide bonds. The van der Waals surface area contributed by atoms with Crippen LogP contribution in [0.5, 0.6) is 0 Å². The van der Waals surface area contributed by atoms with Crippen molar-refractivity contribution < 1.29 is 0 Å². The van der Waals surface area contributed by atoms with Crippen LogP contribution in [0.2, 0.25) is 0 Å². The van der Waals surface area contributed by atoms with E-state index < -0.39 is 0 Å². The summed E-state index contributed by atoms with van der Waals surface area (Å²) in [5.41, 5.74) is 2.59. The van der Waals surface area contributed by atoms with Gasteiger partial charge in [0.05, 0.1) is 0 Å². The van der Waals surface area contributed by atoms with Gasteiger partial charge in [-0.2, -0.15) is 0 Å². The third-order valence-corrected chi connectivity index (χ3v) is 2.61. The molecule has 0 radical (unpaired) electrons. The third-order valence-electron chi connectivity index (χ3n) is 1.74. The molecule has 0 rings (SSSR count). The molecule has 0 N–H and O–H groups in total. The lowest BCUT2D eigenvalue weighted by Gasteiger charge is -2.01. The smallest absolute Gasteiger partial charge is 0.0210 e. The van der Waals surface area contributed by atoms with Crippen LogP contribution in [0.15, 0.2) is 46.3 Å². The fraction of sp³-hybridized carbons (Fsp3) is 0.385. The van der Waals surface area contributed by atoms with Crippen LogP contribution >= 0.6 is 11.8 Å². The minimum atomic E-state index is 1.08. The van der Waals surface area contributed by atoms with Gasteiger partial charge >= 0.3 is 0 Å². The van der Waals surface area contributed by atoms with Crippen molar-refractivity contribution in [3.05, 3.63) is 46.3 Å². The summed E-state index contributed by atoms with van der Waals surface area (Å²) in [6.45, 7) is 12.2. The minimum Gasteiger partial charge on any atom is -0.103 e. The standard InChI is InChI=1S/C13H20S/c1-6-8-9-13(7-2)12(5)10-14-11(3)4/h7-10H,3,6H2,1-2,4-5H3/b9-8-,12-10+,13-7+. The van der Waals surface area contributed by atoms with E-state index in [0.717, 1.165) is 11.3 Å². The van der Waals surface area contributed by atoms with Crippen molar-refractivity contribution in [3.63, 3.8) is 0 Å². The summed E-state index contributed by atoms with van der Waals surface area (Å²) in [6, 6.07) is 0. The maximum atomic E-state index is 3.86. The van der Waals surface area contributed by atoms with Crippen LogP contribution in [-0.2, 0) is 0 Å². The molecule has 0 unspecified atom stereocenters. The van der Waals surface area contributed by atoms with Gasteiger partial charge in [0.15, 0.2) is 0 Å². The highest BCUT2D eigenvalue weighted by Gasteiger charge is 1.93. The van der Waals surface area contributed by atoms with Crippen LogP contribution in [0.3, 0.4) is 0 Å². The van der Waals surface area contributed by atoms with Gasteiger partial charge in [-0.3, -0.25) is 0 Å². The van der Waals surface area contributed by atoms with Crippen molar-refractivity contribution in [2.24, 2.45) is 0 Å². The highest BCUT2D eigenvalue weighted by molar-refractivity contribution is 8.05. The second-order valence-electron chi connectivity index (χ2n) is 3.18. The average Bonchev–Trinajstić information content (AvgIpc) is 2.16. The summed E-state index contributed by atoms with van der Waals surface area (Å²) in [7, 11) is 0. The van der Waals surface area contributed by atoms with Crippen molar-refractivity contribution in [2.45, 2.75) is 34.1 Å². The van der Waals surface area contributed by atoms with Gasteiger partial charge in [-0.1, -0.05) is 31.7 Å². The first-order valence-electron chi connectivity index (χ1n) is 4.94. The lowest BCUT2D eigenvalue weighted by Crippen LogP contribution is -1.79. The number of hydrogen-bond acceptors (Lipinski definition) is 1. The molecule has 0 aliphatic rings. The van der Waals surface area contributed by atoms with Crippen LogP contribution in [0.25, 0.3) is 0 Å². The highest BCUT2D eigenvalue weighted by atomic mass is 32.2. The van der Waals surface area contributed by atoms with E-state index in [-0.39, 0.29) is 0 Å². The van der Waals surface area contributed by atoms with E-state index in [9.17, 15) is 0 Å². The van der Waals surface area contributed by atoms with Gasteiger partial charge in [0.25, 0.3) is 0 Å². The zero-order chi connectivity index (χ0) is 11.0. The summed E-state index contributed by atoms with van der Waals surface area (Å²) < 4.78 is 0. The highest BCUT2D eigenvalue weighted by Crippen LogP contribution is 2.20. The molecule has 1 heteroatoms. The Bertz CT molecular complexity index is 267. The molecular weight excluding hydrogens is 188 g/mol. The molecule has 0 saturated carbocycles. The van der Waals surface area contributed by atoms with E-state index in [1.807, 2.05) is 6.92 Å². The normalized spacial score (nSPS) is 13.7. The molecule has 0 aromatic rings. The summed E-state index contributed by atoms with van der Waals surface area (Å²) >= 11 is 1.69. The Morgan fingerprint density at radius 2 is 2.00 bits per heavy atom. The molecule has 0 aliphatic heterocycles. The predicted octanol–water partition coefficient (Wildman–Crippen LogP) is 5.07. The molecule has 0 atom stereocenters. The largest absolute Gasteiger partial charge is 0.103 e. The number of hydrogen-bond donors (Lipinski definition) is 0. The van der Waals surface area contributed by atoms with E-state index in [0.29, 0.717) is 0 Å². The number of thioether (sulfide) groups is 1. The molecule has 0 heterocycles. The Balaban J connectivity index is 4.46. The monoisotopic (exact) mass is 208 g/mol. The third kappa shape index (κ3) is 5.87. The Kier molecular flexibility index (Phi) is 7.31.